The topological polar surface area (TPSA) is 55.1 Å². The minimum atomic E-state index is -0.936. The summed E-state index contributed by atoms with van der Waals surface area (Å²) in [5, 5.41) is 15.1. The summed E-state index contributed by atoms with van der Waals surface area (Å²) in [5.41, 5.74) is 3.99. The van der Waals surface area contributed by atoms with Crippen LogP contribution in [0.15, 0.2) is 42.5 Å². The first-order valence-electron chi connectivity index (χ1n) is 7.82. The molecule has 4 nitrogen and oxygen atoms in total. The molecule has 0 aliphatic carbocycles. The lowest BCUT2D eigenvalue weighted by molar-refractivity contribution is -0.136. The zero-order valence-electron chi connectivity index (χ0n) is 13.8. The molecule has 0 aliphatic rings. The van der Waals surface area contributed by atoms with E-state index >= 15 is 0 Å². The lowest BCUT2D eigenvalue weighted by Gasteiger charge is -2.10. The van der Waals surface area contributed by atoms with Gasteiger partial charge in [-0.05, 0) is 42.3 Å². The Morgan fingerprint density at radius 1 is 1.04 bits per heavy atom. The van der Waals surface area contributed by atoms with E-state index in [4.69, 9.17) is 39.9 Å². The zero-order chi connectivity index (χ0) is 18.8. The maximum atomic E-state index is 11.1. The number of carbonyl (C=O) groups is 1. The Hall–Kier alpha value is -2.01. The Morgan fingerprint density at radius 2 is 1.81 bits per heavy atom. The van der Waals surface area contributed by atoms with E-state index in [1.54, 1.807) is 22.9 Å². The summed E-state index contributed by atoms with van der Waals surface area (Å²) >= 11 is 18.3. The summed E-state index contributed by atoms with van der Waals surface area (Å²) < 4.78 is 1.75. The van der Waals surface area contributed by atoms with Crippen LogP contribution in [0.3, 0.4) is 0 Å². The Bertz CT molecular complexity index is 983. The number of aliphatic carboxylic acids is 1. The maximum absolute atomic E-state index is 11.1. The van der Waals surface area contributed by atoms with Gasteiger partial charge in [-0.15, -0.1) is 0 Å². The Morgan fingerprint density at radius 3 is 2.46 bits per heavy atom. The molecule has 26 heavy (non-hydrogen) atoms. The van der Waals surface area contributed by atoms with Crippen LogP contribution in [-0.2, 0) is 17.8 Å². The minimum absolute atomic E-state index is 0.157. The van der Waals surface area contributed by atoms with Gasteiger partial charge in [-0.25, -0.2) is 0 Å². The molecule has 0 fully saturated rings. The highest BCUT2D eigenvalue weighted by molar-refractivity contribution is 6.42. The molecule has 1 aromatic heterocycles. The molecule has 7 heteroatoms. The molecule has 0 bridgehead atoms. The lowest BCUT2D eigenvalue weighted by atomic mass is 10.1. The molecule has 3 aromatic rings. The second-order valence-corrected chi connectivity index (χ2v) is 7.18. The van der Waals surface area contributed by atoms with E-state index in [2.05, 4.69) is 5.10 Å². The van der Waals surface area contributed by atoms with E-state index in [0.29, 0.717) is 27.3 Å². The fourth-order valence-electron chi connectivity index (χ4n) is 2.63. The Balaban J connectivity index is 2.03. The molecule has 0 amide bonds. The average molecular weight is 410 g/mol. The number of hydrogen-bond acceptors (Lipinski definition) is 2. The molecule has 0 aliphatic heterocycles. The molecular formula is C19H15Cl3N2O2. The van der Waals surface area contributed by atoms with Crippen molar-refractivity contribution in [3.63, 3.8) is 0 Å². The first-order chi connectivity index (χ1) is 12.3. The number of halogens is 3. The number of aromatic nitrogens is 2. The summed E-state index contributed by atoms with van der Waals surface area (Å²) in [7, 11) is 0. The van der Waals surface area contributed by atoms with Crippen molar-refractivity contribution in [2.24, 2.45) is 0 Å². The summed E-state index contributed by atoms with van der Waals surface area (Å²) in [5.74, 6) is -0.936. The van der Waals surface area contributed by atoms with Crippen LogP contribution in [0.1, 0.15) is 16.8 Å². The van der Waals surface area contributed by atoms with E-state index in [0.717, 1.165) is 22.4 Å². The zero-order valence-corrected chi connectivity index (χ0v) is 16.1. The van der Waals surface area contributed by atoms with Crippen molar-refractivity contribution in [2.75, 3.05) is 0 Å². The van der Waals surface area contributed by atoms with Crippen LogP contribution in [0.25, 0.3) is 11.3 Å². The third-order valence-corrected chi connectivity index (χ3v) is 5.09. The predicted octanol–water partition coefficient (Wildman–Crippen LogP) is 5.49. The fraction of sp³-hybridized carbons (Fsp3) is 0.158. The van der Waals surface area contributed by atoms with Gasteiger partial charge in [0, 0.05) is 10.6 Å². The molecule has 0 saturated heterocycles. The molecule has 1 N–H and O–H groups in total. The molecule has 1 heterocycles. The largest absolute Gasteiger partial charge is 0.481 e. The van der Waals surface area contributed by atoms with Gasteiger partial charge in [-0.3, -0.25) is 9.48 Å². The second kappa shape index (κ2) is 7.70. The van der Waals surface area contributed by atoms with E-state index in [1.807, 2.05) is 31.2 Å². The van der Waals surface area contributed by atoms with Crippen molar-refractivity contribution in [1.29, 1.82) is 0 Å². The molecule has 0 atom stereocenters. The van der Waals surface area contributed by atoms with E-state index in [9.17, 15) is 4.79 Å². The maximum Gasteiger partial charge on any atom is 0.309 e. The fourth-order valence-corrected chi connectivity index (χ4v) is 3.13. The monoisotopic (exact) mass is 408 g/mol. The van der Waals surface area contributed by atoms with Crippen LogP contribution >= 0.6 is 34.8 Å². The smallest absolute Gasteiger partial charge is 0.309 e. The molecule has 0 unspecified atom stereocenters. The standard InChI is InChI=1S/C19H15Cl3N2O2/c1-11-2-3-12(6-16(11)21)10-24-18(8-14(23-24)9-19(25)26)13-4-5-15(20)17(22)7-13/h2-8H,9-10H2,1H3,(H,25,26). The number of carboxylic acid groups (broad SMARTS) is 1. The number of hydrogen-bond donors (Lipinski definition) is 1. The van der Waals surface area contributed by atoms with Gasteiger partial charge in [0.2, 0.25) is 0 Å². The molecule has 0 radical (unpaired) electrons. The first-order valence-corrected chi connectivity index (χ1v) is 8.96. The number of carboxylic acids is 1. The SMILES string of the molecule is Cc1ccc(Cn2nc(CC(=O)O)cc2-c2ccc(Cl)c(Cl)c2)cc1Cl. The van der Waals surface area contributed by atoms with Crippen LogP contribution in [0.4, 0.5) is 0 Å². The van der Waals surface area contributed by atoms with Gasteiger partial charge in [0.15, 0.2) is 0 Å². The normalized spacial score (nSPS) is 10.9. The van der Waals surface area contributed by atoms with Crippen LogP contribution < -0.4 is 0 Å². The van der Waals surface area contributed by atoms with Crippen LogP contribution in [-0.4, -0.2) is 20.9 Å². The highest BCUT2D eigenvalue weighted by atomic mass is 35.5. The van der Waals surface area contributed by atoms with Crippen molar-refractivity contribution < 1.29 is 9.90 Å². The minimum Gasteiger partial charge on any atom is -0.481 e. The van der Waals surface area contributed by atoms with Gasteiger partial charge in [-0.1, -0.05) is 53.0 Å². The van der Waals surface area contributed by atoms with E-state index in [1.165, 1.54) is 0 Å². The summed E-state index contributed by atoms with van der Waals surface area (Å²) in [4.78, 5) is 11.1. The number of rotatable bonds is 5. The van der Waals surface area contributed by atoms with Crippen molar-refractivity contribution >= 4 is 40.8 Å². The third-order valence-electron chi connectivity index (χ3n) is 3.95. The predicted molar refractivity (Wildman–Crippen MR) is 104 cm³/mol. The van der Waals surface area contributed by atoms with Crippen molar-refractivity contribution in [3.8, 4) is 11.3 Å². The summed E-state index contributed by atoms with van der Waals surface area (Å²) in [6, 6.07) is 12.8. The van der Waals surface area contributed by atoms with Gasteiger partial charge in [0.25, 0.3) is 0 Å². The Kier molecular flexibility index (Phi) is 5.56. The van der Waals surface area contributed by atoms with Gasteiger partial charge in [0.05, 0.1) is 34.4 Å². The average Bonchev–Trinajstić information content (AvgIpc) is 2.95. The quantitative estimate of drug-likeness (QED) is 0.606. The van der Waals surface area contributed by atoms with Crippen molar-refractivity contribution in [1.82, 2.24) is 9.78 Å². The molecule has 3 rings (SSSR count). The molecule has 2 aromatic carbocycles. The molecular weight excluding hydrogens is 395 g/mol. The van der Waals surface area contributed by atoms with Crippen molar-refractivity contribution in [2.45, 2.75) is 19.9 Å². The Labute approximate surface area is 165 Å². The molecule has 0 saturated carbocycles. The number of nitrogens with zero attached hydrogens (tertiary/aromatic N) is 2. The van der Waals surface area contributed by atoms with Crippen LogP contribution in [0, 0.1) is 6.92 Å². The highest BCUT2D eigenvalue weighted by Crippen LogP contribution is 2.30. The third kappa shape index (κ3) is 4.21. The van der Waals surface area contributed by atoms with Crippen LogP contribution in [0.2, 0.25) is 15.1 Å². The summed E-state index contributed by atoms with van der Waals surface area (Å²) in [6.45, 7) is 2.39. The van der Waals surface area contributed by atoms with Gasteiger partial charge < -0.3 is 5.11 Å². The lowest BCUT2D eigenvalue weighted by Crippen LogP contribution is -2.06. The van der Waals surface area contributed by atoms with E-state index < -0.39 is 5.97 Å². The van der Waals surface area contributed by atoms with Crippen LogP contribution in [0.5, 0.6) is 0 Å². The number of benzene rings is 2. The second-order valence-electron chi connectivity index (χ2n) is 5.96. The molecule has 134 valence electrons. The van der Waals surface area contributed by atoms with E-state index in [-0.39, 0.29) is 6.42 Å². The van der Waals surface area contributed by atoms with Gasteiger partial charge in [0.1, 0.15) is 0 Å². The van der Waals surface area contributed by atoms with Gasteiger partial charge in [-0.2, -0.15) is 5.10 Å². The van der Waals surface area contributed by atoms with Crippen molar-refractivity contribution in [3.05, 3.63) is 74.4 Å². The molecule has 0 spiro atoms. The number of aryl methyl sites for hydroxylation is 1. The summed E-state index contributed by atoms with van der Waals surface area (Å²) in [6.07, 6.45) is -0.157. The first kappa shape index (κ1) is 18.8. The highest BCUT2D eigenvalue weighted by Gasteiger charge is 2.14. The van der Waals surface area contributed by atoms with Gasteiger partial charge >= 0.3 is 5.97 Å².